The third-order valence-electron chi connectivity index (χ3n) is 7.94. The first-order valence-corrected chi connectivity index (χ1v) is 12.7. The van der Waals surface area contributed by atoms with E-state index in [1.165, 1.54) is 24.8 Å². The fraction of sp³-hybridized carbons (Fsp3) is 0.769. The van der Waals surface area contributed by atoms with Gasteiger partial charge in [0.2, 0.25) is 0 Å². The fourth-order valence-electron chi connectivity index (χ4n) is 6.33. The second-order valence-corrected chi connectivity index (χ2v) is 11.1. The van der Waals surface area contributed by atoms with Gasteiger partial charge in [-0.1, -0.05) is 34.1 Å². The first-order valence-electron chi connectivity index (χ1n) is 12.7. The van der Waals surface area contributed by atoms with E-state index in [1.54, 1.807) is 0 Å². The van der Waals surface area contributed by atoms with Crippen molar-refractivity contribution >= 4 is 11.5 Å². The van der Waals surface area contributed by atoms with E-state index < -0.39 is 12.1 Å². The molecule has 184 valence electrons. The zero-order chi connectivity index (χ0) is 24.0. The molecule has 2 aromatic heterocycles. The van der Waals surface area contributed by atoms with E-state index in [4.69, 9.17) is 10.1 Å². The van der Waals surface area contributed by atoms with Crippen molar-refractivity contribution in [1.82, 2.24) is 14.6 Å². The van der Waals surface area contributed by atoms with Crippen LogP contribution in [0.4, 0.5) is 19.0 Å². The number of anilines is 1. The van der Waals surface area contributed by atoms with E-state index in [2.05, 4.69) is 39.5 Å². The third-order valence-corrected chi connectivity index (χ3v) is 7.94. The first-order chi connectivity index (χ1) is 15.5. The Hall–Kier alpha value is -1.79. The molecule has 2 fully saturated rings. The van der Waals surface area contributed by atoms with Gasteiger partial charge in [0.1, 0.15) is 5.82 Å². The largest absolute Gasteiger partial charge is 0.391 e. The monoisotopic (exact) mass is 464 g/mol. The van der Waals surface area contributed by atoms with Gasteiger partial charge in [0.05, 0.1) is 11.6 Å². The Balaban J connectivity index is 1.71. The number of aromatic nitrogens is 3. The van der Waals surface area contributed by atoms with Crippen LogP contribution in [0.3, 0.4) is 0 Å². The second kappa shape index (κ2) is 9.10. The van der Waals surface area contributed by atoms with Gasteiger partial charge in [0.25, 0.3) is 0 Å². The SMILES string of the molecule is CCCC1(C)CCCN(c2c(C(C)C)c(C)nc3cc(C4CCC(C(F)(F)F)CC4)nn23)C1. The minimum absolute atomic E-state index is 0.0765. The van der Waals surface area contributed by atoms with Gasteiger partial charge < -0.3 is 4.90 Å². The average Bonchev–Trinajstić information content (AvgIpc) is 3.15. The molecule has 0 amide bonds. The van der Waals surface area contributed by atoms with E-state index in [9.17, 15) is 13.2 Å². The van der Waals surface area contributed by atoms with Crippen LogP contribution in [-0.2, 0) is 0 Å². The van der Waals surface area contributed by atoms with Gasteiger partial charge in [-0.25, -0.2) is 4.98 Å². The summed E-state index contributed by atoms with van der Waals surface area (Å²) in [5, 5.41) is 5.01. The molecular formula is C26H39F3N4. The lowest BCUT2D eigenvalue weighted by molar-refractivity contribution is -0.182. The minimum atomic E-state index is -4.08. The highest BCUT2D eigenvalue weighted by atomic mass is 19.4. The molecule has 2 aliphatic rings. The van der Waals surface area contributed by atoms with Crippen LogP contribution in [0.15, 0.2) is 6.07 Å². The summed E-state index contributed by atoms with van der Waals surface area (Å²) in [5.74, 6) is 0.363. The summed E-state index contributed by atoms with van der Waals surface area (Å²) in [6, 6.07) is 2.02. The molecule has 1 aliphatic carbocycles. The lowest BCUT2D eigenvalue weighted by Crippen LogP contribution is -2.43. The highest BCUT2D eigenvalue weighted by molar-refractivity contribution is 5.59. The van der Waals surface area contributed by atoms with Gasteiger partial charge >= 0.3 is 6.18 Å². The van der Waals surface area contributed by atoms with Crippen molar-refractivity contribution in [2.75, 3.05) is 18.0 Å². The predicted molar refractivity (Wildman–Crippen MR) is 127 cm³/mol. The third kappa shape index (κ3) is 4.88. The molecule has 1 saturated heterocycles. The molecule has 4 nitrogen and oxygen atoms in total. The predicted octanol–water partition coefficient (Wildman–Crippen LogP) is 7.40. The summed E-state index contributed by atoms with van der Waals surface area (Å²) in [6.07, 6.45) is 2.18. The van der Waals surface area contributed by atoms with Crippen LogP contribution >= 0.6 is 0 Å². The van der Waals surface area contributed by atoms with Crippen LogP contribution < -0.4 is 4.90 Å². The molecule has 3 heterocycles. The summed E-state index contributed by atoms with van der Waals surface area (Å²) >= 11 is 0. The second-order valence-electron chi connectivity index (χ2n) is 11.1. The van der Waals surface area contributed by atoms with Crippen LogP contribution in [0.1, 0.15) is 108 Å². The maximum Gasteiger partial charge on any atom is 0.391 e. The summed E-state index contributed by atoms with van der Waals surface area (Å²) in [5.41, 5.74) is 4.28. The Kier molecular flexibility index (Phi) is 6.71. The quantitative estimate of drug-likeness (QED) is 0.462. The summed E-state index contributed by atoms with van der Waals surface area (Å²) in [6.45, 7) is 13.2. The Morgan fingerprint density at radius 1 is 1.18 bits per heavy atom. The fourth-order valence-corrected chi connectivity index (χ4v) is 6.33. The highest BCUT2D eigenvalue weighted by Gasteiger charge is 2.42. The molecule has 0 radical (unpaired) electrons. The Morgan fingerprint density at radius 2 is 1.88 bits per heavy atom. The number of halogens is 3. The molecule has 0 spiro atoms. The van der Waals surface area contributed by atoms with Gasteiger partial charge in [-0.05, 0) is 63.2 Å². The van der Waals surface area contributed by atoms with Crippen molar-refractivity contribution in [2.45, 2.75) is 104 Å². The van der Waals surface area contributed by atoms with E-state index >= 15 is 0 Å². The Labute approximate surface area is 196 Å². The van der Waals surface area contributed by atoms with E-state index in [0.717, 1.165) is 42.4 Å². The normalized spacial score (nSPS) is 27.0. The average molecular weight is 465 g/mol. The number of rotatable bonds is 5. The van der Waals surface area contributed by atoms with Crippen molar-refractivity contribution in [2.24, 2.45) is 11.3 Å². The van der Waals surface area contributed by atoms with Gasteiger partial charge in [0, 0.05) is 36.3 Å². The Morgan fingerprint density at radius 3 is 2.48 bits per heavy atom. The number of fused-ring (bicyclic) bond motifs is 1. The smallest absolute Gasteiger partial charge is 0.356 e. The number of hydrogen-bond acceptors (Lipinski definition) is 3. The molecular weight excluding hydrogens is 425 g/mol. The number of hydrogen-bond donors (Lipinski definition) is 0. The highest BCUT2D eigenvalue weighted by Crippen LogP contribution is 2.44. The van der Waals surface area contributed by atoms with Gasteiger partial charge in [-0.2, -0.15) is 22.8 Å². The summed E-state index contributed by atoms with van der Waals surface area (Å²) < 4.78 is 41.4. The maximum atomic E-state index is 13.1. The van der Waals surface area contributed by atoms with Gasteiger partial charge in [-0.15, -0.1) is 0 Å². The van der Waals surface area contributed by atoms with E-state index in [1.807, 2.05) is 10.6 Å². The molecule has 7 heteroatoms. The molecule has 1 aliphatic heterocycles. The number of piperidine rings is 1. The molecule has 2 aromatic rings. The number of alkyl halides is 3. The Bertz CT molecular complexity index is 968. The van der Waals surface area contributed by atoms with Crippen molar-refractivity contribution in [1.29, 1.82) is 0 Å². The molecule has 1 unspecified atom stereocenters. The lowest BCUT2D eigenvalue weighted by Gasteiger charge is -2.42. The standard InChI is InChI=1S/C26H39F3N4/c1-6-12-25(5)13-7-14-32(16-25)24-23(17(2)3)18(4)30-22-15-21(31-33(22)24)19-8-10-20(11-9-19)26(27,28)29/h15,17,19-20H,6-14,16H2,1-5H3. The molecule has 0 N–H and O–H groups in total. The van der Waals surface area contributed by atoms with Crippen molar-refractivity contribution < 1.29 is 13.2 Å². The molecule has 33 heavy (non-hydrogen) atoms. The van der Waals surface area contributed by atoms with E-state index in [0.29, 0.717) is 18.8 Å². The lowest BCUT2D eigenvalue weighted by atomic mass is 9.78. The maximum absolute atomic E-state index is 13.1. The molecule has 1 atom stereocenters. The van der Waals surface area contributed by atoms with Crippen molar-refractivity contribution in [3.8, 4) is 0 Å². The van der Waals surface area contributed by atoms with Crippen LogP contribution in [0, 0.1) is 18.3 Å². The first kappa shape index (κ1) is 24.3. The van der Waals surface area contributed by atoms with Gasteiger partial charge in [-0.3, -0.25) is 0 Å². The van der Waals surface area contributed by atoms with Crippen LogP contribution in [-0.4, -0.2) is 33.9 Å². The van der Waals surface area contributed by atoms with Gasteiger partial charge in [0.15, 0.2) is 5.65 Å². The van der Waals surface area contributed by atoms with E-state index in [-0.39, 0.29) is 24.2 Å². The summed E-state index contributed by atoms with van der Waals surface area (Å²) in [7, 11) is 0. The van der Waals surface area contributed by atoms with Crippen LogP contribution in [0.25, 0.3) is 5.65 Å². The topological polar surface area (TPSA) is 33.4 Å². The number of aryl methyl sites for hydroxylation is 1. The van der Waals surface area contributed by atoms with Crippen LogP contribution in [0.2, 0.25) is 0 Å². The van der Waals surface area contributed by atoms with Crippen molar-refractivity contribution in [3.05, 3.63) is 23.0 Å². The summed E-state index contributed by atoms with van der Waals surface area (Å²) in [4.78, 5) is 7.40. The molecule has 0 aromatic carbocycles. The minimum Gasteiger partial charge on any atom is -0.356 e. The zero-order valence-corrected chi connectivity index (χ0v) is 20.8. The number of nitrogens with zero attached hydrogens (tertiary/aromatic N) is 4. The van der Waals surface area contributed by atoms with Crippen LogP contribution in [0.5, 0.6) is 0 Å². The molecule has 4 rings (SSSR count). The molecule has 1 saturated carbocycles. The molecule has 0 bridgehead atoms. The van der Waals surface area contributed by atoms with Crippen molar-refractivity contribution in [3.63, 3.8) is 0 Å². The zero-order valence-electron chi connectivity index (χ0n) is 20.8.